The molecule has 4 aliphatic heterocycles. The number of fused-ring (bicyclic) bond motifs is 6. The average molecular weight is 408 g/mol. The van der Waals surface area contributed by atoms with Gasteiger partial charge in [0.25, 0.3) is 0 Å². The molecule has 166 valence electrons. The number of ether oxygens (including phenoxy) is 3. The number of nitrogens with one attached hydrogen (secondary N) is 3. The van der Waals surface area contributed by atoms with Gasteiger partial charge in [-0.25, -0.2) is 0 Å². The number of rotatable bonds is 0. The molecule has 6 atom stereocenters. The summed E-state index contributed by atoms with van der Waals surface area (Å²) in [5.41, 5.74) is 0.0937. The summed E-state index contributed by atoms with van der Waals surface area (Å²) in [6, 6.07) is 0.487. The minimum absolute atomic E-state index is 0.0937. The zero-order valence-electron chi connectivity index (χ0n) is 18.2. The molecule has 6 rings (SSSR count). The minimum atomic E-state index is 0.0937. The first-order valence-electron chi connectivity index (χ1n) is 12.3. The molecule has 6 fully saturated rings. The fourth-order valence-corrected chi connectivity index (χ4v) is 7.05. The standard InChI is InChI=1S/C23H41N3O3/c1-16-7-9-25-22-21(16)17-2-4-18(5-3-17)29-14-19-20(24-10-13-28-22)6-8-23(19)15-27-12-11-26-23/h16-22,24-26H,2-15H2,1H3. The Morgan fingerprint density at radius 1 is 0.862 bits per heavy atom. The molecule has 0 aromatic heterocycles. The van der Waals surface area contributed by atoms with E-state index in [1.807, 2.05) is 0 Å². The highest BCUT2D eigenvalue weighted by atomic mass is 16.5. The van der Waals surface area contributed by atoms with E-state index in [1.165, 1.54) is 44.9 Å². The second-order valence-corrected chi connectivity index (χ2v) is 10.3. The molecule has 1 spiro atoms. The molecular formula is C23H41N3O3. The van der Waals surface area contributed by atoms with E-state index in [9.17, 15) is 0 Å². The third-order valence-electron chi connectivity index (χ3n) is 8.71. The van der Waals surface area contributed by atoms with Crippen molar-refractivity contribution in [2.45, 2.75) is 75.8 Å². The molecule has 0 amide bonds. The molecule has 2 aliphatic carbocycles. The number of piperidine rings is 1. The summed E-state index contributed by atoms with van der Waals surface area (Å²) in [5, 5.41) is 11.4. The Kier molecular flexibility index (Phi) is 6.47. The van der Waals surface area contributed by atoms with E-state index in [-0.39, 0.29) is 11.8 Å². The summed E-state index contributed by atoms with van der Waals surface area (Å²) in [7, 11) is 0. The molecule has 3 N–H and O–H groups in total. The molecule has 6 unspecified atom stereocenters. The van der Waals surface area contributed by atoms with E-state index in [4.69, 9.17) is 14.2 Å². The highest BCUT2D eigenvalue weighted by molar-refractivity contribution is 5.07. The maximum Gasteiger partial charge on any atom is 0.111 e. The van der Waals surface area contributed by atoms with Crippen molar-refractivity contribution < 1.29 is 14.2 Å². The van der Waals surface area contributed by atoms with E-state index in [1.54, 1.807) is 0 Å². The van der Waals surface area contributed by atoms with Crippen molar-refractivity contribution in [1.29, 1.82) is 0 Å². The van der Waals surface area contributed by atoms with Crippen LogP contribution in [0.3, 0.4) is 0 Å². The average Bonchev–Trinajstić information content (AvgIpc) is 3.07. The lowest BCUT2D eigenvalue weighted by Gasteiger charge is -2.45. The molecule has 29 heavy (non-hydrogen) atoms. The minimum Gasteiger partial charge on any atom is -0.378 e. The van der Waals surface area contributed by atoms with Crippen molar-refractivity contribution >= 4 is 0 Å². The highest BCUT2D eigenvalue weighted by Gasteiger charge is 2.50. The Balaban J connectivity index is 1.30. The van der Waals surface area contributed by atoms with E-state index >= 15 is 0 Å². The molecule has 2 saturated carbocycles. The molecule has 0 aromatic rings. The third kappa shape index (κ3) is 4.26. The van der Waals surface area contributed by atoms with Gasteiger partial charge in [0.15, 0.2) is 0 Å². The van der Waals surface area contributed by atoms with Gasteiger partial charge in [0, 0.05) is 36.5 Å². The van der Waals surface area contributed by atoms with Gasteiger partial charge in [0.1, 0.15) is 6.23 Å². The van der Waals surface area contributed by atoms with E-state index in [0.29, 0.717) is 24.0 Å². The number of hydrogen-bond donors (Lipinski definition) is 3. The van der Waals surface area contributed by atoms with Crippen molar-refractivity contribution in [3.05, 3.63) is 0 Å². The molecule has 2 bridgehead atoms. The maximum absolute atomic E-state index is 6.60. The largest absolute Gasteiger partial charge is 0.378 e. The fourth-order valence-electron chi connectivity index (χ4n) is 7.05. The summed E-state index contributed by atoms with van der Waals surface area (Å²) in [4.78, 5) is 0. The lowest BCUT2D eigenvalue weighted by Crippen LogP contribution is -2.60. The third-order valence-corrected chi connectivity index (χ3v) is 8.71. The van der Waals surface area contributed by atoms with Crippen LogP contribution in [0, 0.1) is 23.7 Å². The topological polar surface area (TPSA) is 63.8 Å². The molecule has 4 heterocycles. The van der Waals surface area contributed by atoms with Crippen LogP contribution in [0.1, 0.15) is 51.9 Å². The van der Waals surface area contributed by atoms with Crippen molar-refractivity contribution in [3.63, 3.8) is 0 Å². The Bertz CT molecular complexity index is 533. The van der Waals surface area contributed by atoms with E-state index < -0.39 is 0 Å². The fraction of sp³-hybridized carbons (Fsp3) is 1.00. The van der Waals surface area contributed by atoms with Gasteiger partial charge in [-0.15, -0.1) is 0 Å². The smallest absolute Gasteiger partial charge is 0.111 e. The first-order valence-corrected chi connectivity index (χ1v) is 12.3. The highest BCUT2D eigenvalue weighted by Crippen LogP contribution is 2.42. The normalized spacial score (nSPS) is 49.3. The lowest BCUT2D eigenvalue weighted by atomic mass is 9.71. The molecule has 0 radical (unpaired) electrons. The van der Waals surface area contributed by atoms with Crippen LogP contribution in [-0.4, -0.2) is 70.0 Å². The van der Waals surface area contributed by atoms with Crippen LogP contribution >= 0.6 is 0 Å². The van der Waals surface area contributed by atoms with Gasteiger partial charge in [-0.1, -0.05) is 6.92 Å². The van der Waals surface area contributed by atoms with Crippen LogP contribution in [0.2, 0.25) is 0 Å². The second kappa shape index (κ2) is 9.09. The number of hydrogen-bond acceptors (Lipinski definition) is 6. The molecule has 0 aromatic carbocycles. The Hall–Kier alpha value is -0.240. The van der Waals surface area contributed by atoms with Crippen molar-refractivity contribution in [2.75, 3.05) is 46.1 Å². The number of morpholine rings is 1. The first kappa shape index (κ1) is 20.7. The van der Waals surface area contributed by atoms with Gasteiger partial charge in [-0.3, -0.25) is 5.32 Å². The van der Waals surface area contributed by atoms with Crippen molar-refractivity contribution in [1.82, 2.24) is 16.0 Å². The van der Waals surface area contributed by atoms with Gasteiger partial charge >= 0.3 is 0 Å². The SMILES string of the molecule is CC1CCNC2OCCNC3CCC4(COCCN4)C3COC3CCC(CC3)C12. The van der Waals surface area contributed by atoms with Crippen LogP contribution in [0.5, 0.6) is 0 Å². The van der Waals surface area contributed by atoms with E-state index in [0.717, 1.165) is 57.9 Å². The molecule has 6 nitrogen and oxygen atoms in total. The molecule has 6 heteroatoms. The summed E-state index contributed by atoms with van der Waals surface area (Å²) in [6.07, 6.45) is 9.31. The van der Waals surface area contributed by atoms with Gasteiger partial charge in [0.05, 0.1) is 32.5 Å². The van der Waals surface area contributed by atoms with E-state index in [2.05, 4.69) is 22.9 Å². The monoisotopic (exact) mass is 407 g/mol. The Morgan fingerprint density at radius 3 is 2.59 bits per heavy atom. The Morgan fingerprint density at radius 2 is 1.76 bits per heavy atom. The zero-order valence-corrected chi connectivity index (χ0v) is 18.2. The van der Waals surface area contributed by atoms with Crippen molar-refractivity contribution in [2.24, 2.45) is 23.7 Å². The summed E-state index contributed by atoms with van der Waals surface area (Å²) in [5.74, 6) is 2.65. The molecule has 4 saturated heterocycles. The van der Waals surface area contributed by atoms with Gasteiger partial charge in [-0.05, 0) is 63.3 Å². The zero-order chi connectivity index (χ0) is 19.7. The summed E-state index contributed by atoms with van der Waals surface area (Å²) < 4.78 is 19.0. The van der Waals surface area contributed by atoms with Crippen LogP contribution in [0.15, 0.2) is 0 Å². The van der Waals surface area contributed by atoms with Crippen molar-refractivity contribution in [3.8, 4) is 0 Å². The quantitative estimate of drug-likeness (QED) is 0.570. The predicted octanol–water partition coefficient (Wildman–Crippen LogP) is 1.89. The van der Waals surface area contributed by atoms with Gasteiger partial charge in [0.2, 0.25) is 0 Å². The maximum atomic E-state index is 6.60. The molecule has 6 aliphatic rings. The summed E-state index contributed by atoms with van der Waals surface area (Å²) >= 11 is 0. The van der Waals surface area contributed by atoms with Crippen LogP contribution in [-0.2, 0) is 14.2 Å². The first-order chi connectivity index (χ1) is 14.3. The van der Waals surface area contributed by atoms with Crippen LogP contribution in [0.25, 0.3) is 0 Å². The second-order valence-electron chi connectivity index (χ2n) is 10.3. The Labute approximate surface area is 176 Å². The summed E-state index contributed by atoms with van der Waals surface area (Å²) in [6.45, 7) is 8.72. The van der Waals surface area contributed by atoms with Gasteiger partial charge < -0.3 is 24.8 Å². The molecular weight excluding hydrogens is 366 g/mol. The lowest BCUT2D eigenvalue weighted by molar-refractivity contribution is -0.0905. The predicted molar refractivity (Wildman–Crippen MR) is 113 cm³/mol. The van der Waals surface area contributed by atoms with Gasteiger partial charge in [-0.2, -0.15) is 0 Å². The van der Waals surface area contributed by atoms with Crippen LogP contribution in [0.4, 0.5) is 0 Å². The van der Waals surface area contributed by atoms with Crippen LogP contribution < -0.4 is 16.0 Å².